The number of aromatic nitrogens is 5. The minimum absolute atomic E-state index is 0.370. The van der Waals surface area contributed by atoms with Crippen molar-refractivity contribution in [1.29, 1.82) is 0 Å². The number of nitrogens with one attached hydrogen (secondary N) is 1. The SMILES string of the molecule is Cn1ncc2c1-c1nc(Nc3ccccn3)ncc1CC2C(N)=O. The molecule has 4 rings (SSSR count). The fourth-order valence-electron chi connectivity index (χ4n) is 2.96. The molecule has 0 aliphatic heterocycles. The summed E-state index contributed by atoms with van der Waals surface area (Å²) in [5.41, 5.74) is 8.78. The lowest BCUT2D eigenvalue weighted by molar-refractivity contribution is -0.119. The molecule has 8 heteroatoms. The molecule has 3 N–H and O–H groups in total. The van der Waals surface area contributed by atoms with Crippen molar-refractivity contribution in [2.75, 3.05) is 5.32 Å². The van der Waals surface area contributed by atoms with Crippen LogP contribution in [0.5, 0.6) is 0 Å². The summed E-state index contributed by atoms with van der Waals surface area (Å²) >= 11 is 0. The summed E-state index contributed by atoms with van der Waals surface area (Å²) in [5.74, 6) is 0.329. The number of amides is 1. The molecule has 8 nitrogen and oxygen atoms in total. The maximum Gasteiger partial charge on any atom is 0.228 e. The molecule has 0 spiro atoms. The van der Waals surface area contributed by atoms with E-state index in [0.29, 0.717) is 18.2 Å². The van der Waals surface area contributed by atoms with E-state index in [1.165, 1.54) is 0 Å². The highest BCUT2D eigenvalue weighted by molar-refractivity contribution is 5.87. The van der Waals surface area contributed by atoms with Crippen LogP contribution < -0.4 is 11.1 Å². The first-order chi connectivity index (χ1) is 11.6. The van der Waals surface area contributed by atoms with Crippen LogP contribution in [0.4, 0.5) is 11.8 Å². The summed E-state index contributed by atoms with van der Waals surface area (Å²) in [7, 11) is 1.82. The van der Waals surface area contributed by atoms with Gasteiger partial charge in [0.05, 0.1) is 23.5 Å². The molecule has 0 bridgehead atoms. The van der Waals surface area contributed by atoms with Gasteiger partial charge in [-0.25, -0.2) is 15.0 Å². The summed E-state index contributed by atoms with van der Waals surface area (Å²) in [4.78, 5) is 24.9. The number of fused-ring (bicyclic) bond motifs is 3. The largest absolute Gasteiger partial charge is 0.369 e. The number of rotatable bonds is 3. The lowest BCUT2D eigenvalue weighted by atomic mass is 9.85. The van der Waals surface area contributed by atoms with Gasteiger partial charge >= 0.3 is 0 Å². The topological polar surface area (TPSA) is 112 Å². The first-order valence-electron chi connectivity index (χ1n) is 7.49. The minimum Gasteiger partial charge on any atom is -0.369 e. The van der Waals surface area contributed by atoms with E-state index in [-0.39, 0.29) is 5.91 Å². The molecule has 0 saturated heterocycles. The molecule has 3 heterocycles. The van der Waals surface area contributed by atoms with E-state index in [1.54, 1.807) is 23.3 Å². The van der Waals surface area contributed by atoms with E-state index >= 15 is 0 Å². The van der Waals surface area contributed by atoms with Crippen LogP contribution in [-0.2, 0) is 18.3 Å². The van der Waals surface area contributed by atoms with Crippen molar-refractivity contribution in [2.45, 2.75) is 12.3 Å². The van der Waals surface area contributed by atoms with Crippen molar-refractivity contribution < 1.29 is 4.79 Å². The molecule has 1 atom stereocenters. The van der Waals surface area contributed by atoms with Crippen LogP contribution in [0.2, 0.25) is 0 Å². The Bertz CT molecular complexity index is 919. The highest BCUT2D eigenvalue weighted by Crippen LogP contribution is 2.38. The van der Waals surface area contributed by atoms with E-state index in [0.717, 1.165) is 22.5 Å². The zero-order valence-corrected chi connectivity index (χ0v) is 13.0. The van der Waals surface area contributed by atoms with Gasteiger partial charge in [0, 0.05) is 25.0 Å². The minimum atomic E-state index is -0.403. The molecule has 120 valence electrons. The summed E-state index contributed by atoms with van der Waals surface area (Å²) in [5, 5.41) is 7.33. The molecule has 1 amide bonds. The van der Waals surface area contributed by atoms with Gasteiger partial charge in [0.2, 0.25) is 11.9 Å². The van der Waals surface area contributed by atoms with Crippen molar-refractivity contribution in [1.82, 2.24) is 24.7 Å². The number of primary amides is 1. The zero-order valence-electron chi connectivity index (χ0n) is 13.0. The molecule has 1 aliphatic carbocycles. The summed E-state index contributed by atoms with van der Waals surface area (Å²) in [6.45, 7) is 0. The Morgan fingerprint density at radius 3 is 2.96 bits per heavy atom. The van der Waals surface area contributed by atoms with Crippen molar-refractivity contribution in [3.8, 4) is 11.4 Å². The van der Waals surface area contributed by atoms with Crippen molar-refractivity contribution in [3.05, 3.63) is 47.9 Å². The molecule has 3 aromatic heterocycles. The number of anilines is 2. The number of hydrogen-bond donors (Lipinski definition) is 2. The van der Waals surface area contributed by atoms with Gasteiger partial charge in [0.15, 0.2) is 0 Å². The summed E-state index contributed by atoms with van der Waals surface area (Å²) < 4.78 is 1.71. The standard InChI is InChI=1S/C16H15N7O/c1-23-14-11(8-20-23)10(15(17)24)6-9-7-19-16(22-13(9)14)21-12-4-2-3-5-18-12/h2-5,7-8,10H,6H2,1H3,(H2,17,24)(H,18,19,21,22). The van der Waals surface area contributed by atoms with Gasteiger partial charge in [-0.2, -0.15) is 5.10 Å². The molecule has 3 aromatic rings. The van der Waals surface area contributed by atoms with Crippen molar-refractivity contribution >= 4 is 17.7 Å². The number of carbonyl (C=O) groups excluding carboxylic acids is 1. The van der Waals surface area contributed by atoms with Crippen LogP contribution in [0.3, 0.4) is 0 Å². The number of nitrogens with zero attached hydrogens (tertiary/aromatic N) is 5. The molecule has 24 heavy (non-hydrogen) atoms. The number of aryl methyl sites for hydroxylation is 1. The van der Waals surface area contributed by atoms with Gasteiger partial charge in [0.25, 0.3) is 0 Å². The third-order valence-corrected chi connectivity index (χ3v) is 4.10. The summed E-state index contributed by atoms with van der Waals surface area (Å²) in [6, 6.07) is 5.55. The van der Waals surface area contributed by atoms with Gasteiger partial charge in [-0.1, -0.05) is 6.07 Å². The highest BCUT2D eigenvalue weighted by atomic mass is 16.1. The lowest BCUT2D eigenvalue weighted by Crippen LogP contribution is -2.26. The highest BCUT2D eigenvalue weighted by Gasteiger charge is 2.32. The number of carbonyl (C=O) groups is 1. The van der Waals surface area contributed by atoms with E-state index in [2.05, 4.69) is 25.4 Å². The van der Waals surface area contributed by atoms with E-state index in [1.807, 2.05) is 25.2 Å². The van der Waals surface area contributed by atoms with E-state index in [9.17, 15) is 4.79 Å². The molecule has 1 aliphatic rings. The Kier molecular flexibility index (Phi) is 3.23. The maximum atomic E-state index is 11.8. The van der Waals surface area contributed by atoms with E-state index in [4.69, 9.17) is 5.73 Å². The van der Waals surface area contributed by atoms with Crippen LogP contribution in [0, 0.1) is 0 Å². The Morgan fingerprint density at radius 1 is 1.33 bits per heavy atom. The van der Waals surface area contributed by atoms with Crippen LogP contribution in [0.25, 0.3) is 11.4 Å². The Labute approximate surface area is 137 Å². The van der Waals surface area contributed by atoms with Gasteiger partial charge in [-0.05, 0) is 24.1 Å². The first kappa shape index (κ1) is 14.3. The van der Waals surface area contributed by atoms with Crippen LogP contribution >= 0.6 is 0 Å². The molecule has 1 unspecified atom stereocenters. The average Bonchev–Trinajstić information content (AvgIpc) is 2.97. The molecule has 0 saturated carbocycles. The second kappa shape index (κ2) is 5.41. The second-order valence-electron chi connectivity index (χ2n) is 5.64. The first-order valence-corrected chi connectivity index (χ1v) is 7.49. The third-order valence-electron chi connectivity index (χ3n) is 4.10. The average molecular weight is 321 g/mol. The summed E-state index contributed by atoms with van der Waals surface area (Å²) in [6.07, 6.45) is 5.58. The van der Waals surface area contributed by atoms with Crippen LogP contribution in [0.1, 0.15) is 17.0 Å². The quantitative estimate of drug-likeness (QED) is 0.748. The second-order valence-corrected chi connectivity index (χ2v) is 5.64. The molecular formula is C16H15N7O. The van der Waals surface area contributed by atoms with Crippen LogP contribution in [-0.4, -0.2) is 30.6 Å². The predicted octanol–water partition coefficient (Wildman–Crippen LogP) is 1.14. The van der Waals surface area contributed by atoms with Crippen molar-refractivity contribution in [3.63, 3.8) is 0 Å². The third kappa shape index (κ3) is 2.28. The van der Waals surface area contributed by atoms with Crippen LogP contribution in [0.15, 0.2) is 36.8 Å². The van der Waals surface area contributed by atoms with Crippen molar-refractivity contribution in [2.24, 2.45) is 12.8 Å². The van der Waals surface area contributed by atoms with Gasteiger partial charge in [-0.15, -0.1) is 0 Å². The molecular weight excluding hydrogens is 306 g/mol. The fourth-order valence-corrected chi connectivity index (χ4v) is 2.96. The van der Waals surface area contributed by atoms with E-state index < -0.39 is 5.92 Å². The number of hydrogen-bond acceptors (Lipinski definition) is 6. The van der Waals surface area contributed by atoms with Gasteiger partial charge in [-0.3, -0.25) is 9.48 Å². The predicted molar refractivity (Wildman–Crippen MR) is 87.4 cm³/mol. The number of pyridine rings is 1. The number of nitrogens with two attached hydrogens (primary N) is 1. The maximum absolute atomic E-state index is 11.8. The smallest absolute Gasteiger partial charge is 0.228 e. The fraction of sp³-hybridized carbons (Fsp3) is 0.188. The molecule has 0 aromatic carbocycles. The lowest BCUT2D eigenvalue weighted by Gasteiger charge is -2.22. The Morgan fingerprint density at radius 2 is 2.21 bits per heavy atom. The van der Waals surface area contributed by atoms with Gasteiger partial charge in [0.1, 0.15) is 5.82 Å². The molecule has 0 fully saturated rings. The Hall–Kier alpha value is -3.29. The molecule has 0 radical (unpaired) electrons. The Balaban J connectivity index is 1.78. The zero-order chi connectivity index (χ0) is 16.7. The van der Waals surface area contributed by atoms with Gasteiger partial charge < -0.3 is 11.1 Å². The normalized spacial score (nSPS) is 15.5. The monoisotopic (exact) mass is 321 g/mol.